The smallest absolute Gasteiger partial charge is 0.00467 e. The third-order valence-electron chi connectivity index (χ3n) is 2.97. The van der Waals surface area contributed by atoms with E-state index in [1.54, 1.807) is 0 Å². The van der Waals surface area contributed by atoms with Crippen molar-refractivity contribution in [3.05, 3.63) is 0 Å². The van der Waals surface area contributed by atoms with E-state index in [1.165, 1.54) is 45.1 Å². The van der Waals surface area contributed by atoms with Gasteiger partial charge >= 0.3 is 0 Å². The fourth-order valence-electron chi connectivity index (χ4n) is 2.01. The maximum absolute atomic E-state index is 3.26. The zero-order valence-corrected chi connectivity index (χ0v) is 9.95. The predicted molar refractivity (Wildman–Crippen MR) is 61.1 cm³/mol. The molecule has 0 spiro atoms. The van der Waals surface area contributed by atoms with Gasteiger partial charge in [0, 0.05) is 0 Å². The maximum atomic E-state index is 3.26. The van der Waals surface area contributed by atoms with Gasteiger partial charge in [-0.2, -0.15) is 0 Å². The number of unbranched alkanes of at least 4 members (excludes halogenated alkanes) is 1. The molecule has 1 heteroatoms. The number of rotatable bonds is 8. The quantitative estimate of drug-likeness (QED) is 0.609. The van der Waals surface area contributed by atoms with Crippen LogP contribution in [0.1, 0.15) is 59.3 Å². The molecule has 0 saturated heterocycles. The fraction of sp³-hybridized carbons (Fsp3) is 1.00. The molecule has 80 valence electrons. The molecular weight excluding hydrogens is 158 g/mol. The average Bonchev–Trinajstić information content (AvgIpc) is 2.12. The standard InChI is InChI=1S/C12H27N/c1-5-7-9-12(3,8-6-2)10-11-13-4/h13H,5-11H2,1-4H3. The first-order chi connectivity index (χ1) is 6.18. The van der Waals surface area contributed by atoms with Crippen molar-refractivity contribution in [3.63, 3.8) is 0 Å². The van der Waals surface area contributed by atoms with Crippen LogP contribution < -0.4 is 5.32 Å². The van der Waals surface area contributed by atoms with Crippen LogP contribution in [-0.4, -0.2) is 13.6 Å². The minimum absolute atomic E-state index is 0.591. The first-order valence-corrected chi connectivity index (χ1v) is 5.83. The van der Waals surface area contributed by atoms with E-state index in [0.717, 1.165) is 0 Å². The van der Waals surface area contributed by atoms with Crippen LogP contribution in [0.4, 0.5) is 0 Å². The second-order valence-electron chi connectivity index (χ2n) is 4.52. The van der Waals surface area contributed by atoms with Crippen molar-refractivity contribution in [1.29, 1.82) is 0 Å². The summed E-state index contributed by atoms with van der Waals surface area (Å²) in [5.74, 6) is 0. The van der Waals surface area contributed by atoms with Crippen molar-refractivity contribution in [2.45, 2.75) is 59.3 Å². The summed E-state index contributed by atoms with van der Waals surface area (Å²) in [6, 6.07) is 0. The molecule has 0 heterocycles. The molecule has 0 saturated carbocycles. The molecule has 0 rings (SSSR count). The van der Waals surface area contributed by atoms with Gasteiger partial charge in [-0.3, -0.25) is 0 Å². The van der Waals surface area contributed by atoms with Gasteiger partial charge in [0.25, 0.3) is 0 Å². The highest BCUT2D eigenvalue weighted by atomic mass is 14.8. The molecule has 0 aromatic carbocycles. The van der Waals surface area contributed by atoms with Crippen molar-refractivity contribution < 1.29 is 0 Å². The molecule has 0 aliphatic rings. The molecule has 0 aliphatic heterocycles. The van der Waals surface area contributed by atoms with Crippen LogP contribution in [0.2, 0.25) is 0 Å². The highest BCUT2D eigenvalue weighted by Crippen LogP contribution is 2.32. The Bertz CT molecular complexity index is 102. The second-order valence-corrected chi connectivity index (χ2v) is 4.52. The van der Waals surface area contributed by atoms with E-state index in [4.69, 9.17) is 0 Å². The van der Waals surface area contributed by atoms with Gasteiger partial charge in [-0.25, -0.2) is 0 Å². The molecule has 1 N–H and O–H groups in total. The van der Waals surface area contributed by atoms with Gasteiger partial charge in [-0.1, -0.05) is 40.0 Å². The second kappa shape index (κ2) is 7.37. The van der Waals surface area contributed by atoms with Crippen LogP contribution in [0.5, 0.6) is 0 Å². The van der Waals surface area contributed by atoms with E-state index < -0.39 is 0 Å². The number of nitrogens with one attached hydrogen (secondary N) is 1. The van der Waals surface area contributed by atoms with E-state index in [1.807, 2.05) is 7.05 Å². The van der Waals surface area contributed by atoms with Gasteiger partial charge in [0.15, 0.2) is 0 Å². The van der Waals surface area contributed by atoms with Crippen LogP contribution in [0.15, 0.2) is 0 Å². The lowest BCUT2D eigenvalue weighted by atomic mass is 9.78. The van der Waals surface area contributed by atoms with Gasteiger partial charge in [0.05, 0.1) is 0 Å². The maximum Gasteiger partial charge on any atom is -0.00467 e. The molecule has 0 amide bonds. The van der Waals surface area contributed by atoms with Crippen molar-refractivity contribution >= 4 is 0 Å². The summed E-state index contributed by atoms with van der Waals surface area (Å²) in [6.07, 6.45) is 8.16. The zero-order chi connectivity index (χ0) is 10.2. The van der Waals surface area contributed by atoms with Crippen molar-refractivity contribution in [2.75, 3.05) is 13.6 Å². The Morgan fingerprint density at radius 2 is 1.69 bits per heavy atom. The van der Waals surface area contributed by atoms with E-state index in [-0.39, 0.29) is 0 Å². The Morgan fingerprint density at radius 3 is 2.15 bits per heavy atom. The molecule has 0 aromatic rings. The van der Waals surface area contributed by atoms with Crippen LogP contribution in [-0.2, 0) is 0 Å². The van der Waals surface area contributed by atoms with Gasteiger partial charge in [-0.15, -0.1) is 0 Å². The first kappa shape index (κ1) is 13.0. The summed E-state index contributed by atoms with van der Waals surface area (Å²) in [5.41, 5.74) is 0.591. The Labute approximate surface area is 84.3 Å². The lowest BCUT2D eigenvalue weighted by Crippen LogP contribution is -2.22. The van der Waals surface area contributed by atoms with Gasteiger partial charge < -0.3 is 5.32 Å². The highest BCUT2D eigenvalue weighted by molar-refractivity contribution is 4.74. The van der Waals surface area contributed by atoms with Gasteiger partial charge in [-0.05, 0) is 38.3 Å². The average molecular weight is 185 g/mol. The third kappa shape index (κ3) is 6.09. The van der Waals surface area contributed by atoms with E-state index in [2.05, 4.69) is 26.1 Å². The molecule has 13 heavy (non-hydrogen) atoms. The van der Waals surface area contributed by atoms with E-state index in [0.29, 0.717) is 5.41 Å². The molecule has 1 atom stereocenters. The van der Waals surface area contributed by atoms with Gasteiger partial charge in [0.1, 0.15) is 0 Å². The lowest BCUT2D eigenvalue weighted by Gasteiger charge is -2.29. The summed E-state index contributed by atoms with van der Waals surface area (Å²) >= 11 is 0. The third-order valence-corrected chi connectivity index (χ3v) is 2.97. The molecule has 1 unspecified atom stereocenters. The molecular formula is C12H27N. The summed E-state index contributed by atoms with van der Waals surface area (Å²) in [4.78, 5) is 0. The minimum Gasteiger partial charge on any atom is -0.320 e. The summed E-state index contributed by atoms with van der Waals surface area (Å²) in [5, 5.41) is 3.26. The minimum atomic E-state index is 0.591. The Balaban J connectivity index is 3.84. The molecule has 0 bridgehead atoms. The van der Waals surface area contributed by atoms with E-state index >= 15 is 0 Å². The highest BCUT2D eigenvalue weighted by Gasteiger charge is 2.21. The van der Waals surface area contributed by atoms with E-state index in [9.17, 15) is 0 Å². The van der Waals surface area contributed by atoms with Crippen molar-refractivity contribution in [1.82, 2.24) is 5.32 Å². The largest absolute Gasteiger partial charge is 0.320 e. The normalized spacial score (nSPS) is 15.7. The number of hydrogen-bond donors (Lipinski definition) is 1. The predicted octanol–water partition coefficient (Wildman–Crippen LogP) is 3.59. The lowest BCUT2D eigenvalue weighted by molar-refractivity contribution is 0.239. The topological polar surface area (TPSA) is 12.0 Å². The van der Waals surface area contributed by atoms with Crippen LogP contribution in [0, 0.1) is 5.41 Å². The van der Waals surface area contributed by atoms with Gasteiger partial charge in [0.2, 0.25) is 0 Å². The SMILES string of the molecule is CCCCC(C)(CCC)CCNC. The summed E-state index contributed by atoms with van der Waals surface area (Å²) in [6.45, 7) is 8.19. The summed E-state index contributed by atoms with van der Waals surface area (Å²) < 4.78 is 0. The Hall–Kier alpha value is -0.0400. The molecule has 0 aliphatic carbocycles. The van der Waals surface area contributed by atoms with Crippen LogP contribution >= 0.6 is 0 Å². The number of hydrogen-bond acceptors (Lipinski definition) is 1. The van der Waals surface area contributed by atoms with Crippen LogP contribution in [0.25, 0.3) is 0 Å². The Kier molecular flexibility index (Phi) is 7.35. The van der Waals surface area contributed by atoms with Crippen molar-refractivity contribution in [3.8, 4) is 0 Å². The fourth-order valence-corrected chi connectivity index (χ4v) is 2.01. The monoisotopic (exact) mass is 185 g/mol. The molecule has 0 fully saturated rings. The summed E-state index contributed by atoms with van der Waals surface area (Å²) in [7, 11) is 2.05. The van der Waals surface area contributed by atoms with Crippen molar-refractivity contribution in [2.24, 2.45) is 5.41 Å². The Morgan fingerprint density at radius 1 is 1.00 bits per heavy atom. The zero-order valence-electron chi connectivity index (χ0n) is 9.95. The molecule has 1 nitrogen and oxygen atoms in total. The molecule has 0 aromatic heterocycles. The molecule has 0 radical (unpaired) electrons. The van der Waals surface area contributed by atoms with Crippen LogP contribution in [0.3, 0.4) is 0 Å². The first-order valence-electron chi connectivity index (χ1n) is 5.83.